The molecule has 4 aromatic heterocycles. The lowest BCUT2D eigenvalue weighted by atomic mass is 10.1. The Morgan fingerprint density at radius 1 is 0.462 bits per heavy atom. The molecule has 126 valence electrons. The normalized spacial score (nSPS) is 10.6. The molecule has 0 saturated heterocycles. The lowest BCUT2D eigenvalue weighted by Crippen LogP contribution is -2.43. The van der Waals surface area contributed by atoms with Crippen LogP contribution in [0.1, 0.15) is 0 Å². The molecule has 26 heavy (non-hydrogen) atoms. The van der Waals surface area contributed by atoms with E-state index in [-0.39, 0.29) is 0 Å². The number of pyridine rings is 4. The Bertz CT molecular complexity index is 867. The van der Waals surface area contributed by atoms with Crippen molar-refractivity contribution in [3.63, 3.8) is 0 Å². The quantitative estimate of drug-likeness (QED) is 0.497. The number of hydrogen-bond donors (Lipinski definition) is 0. The van der Waals surface area contributed by atoms with E-state index in [2.05, 4.69) is 92.4 Å². The van der Waals surface area contributed by atoms with Crippen molar-refractivity contribution in [2.24, 2.45) is 0 Å². The van der Waals surface area contributed by atoms with Crippen LogP contribution in [0.4, 0.5) is 0 Å². The summed E-state index contributed by atoms with van der Waals surface area (Å²) in [6.07, 6.45) is 16.4. The van der Waals surface area contributed by atoms with Gasteiger partial charge in [-0.25, -0.2) is 9.97 Å². The molecule has 2 N–H and O–H groups in total. The van der Waals surface area contributed by atoms with Gasteiger partial charge in [-0.3, -0.25) is 0 Å². The van der Waals surface area contributed by atoms with Crippen LogP contribution in [0.25, 0.3) is 22.3 Å². The van der Waals surface area contributed by atoms with E-state index in [1.54, 1.807) is 0 Å². The monoisotopic (exact) mass is 342 g/mol. The smallest absolute Gasteiger partial charge is 0.206 e. The fourth-order valence-electron chi connectivity index (χ4n) is 2.99. The van der Waals surface area contributed by atoms with Crippen LogP contribution in [0.15, 0.2) is 98.1 Å². The first kappa shape index (κ1) is 16.1. The fraction of sp³-hybridized carbons (Fsp3) is 0.0909. The summed E-state index contributed by atoms with van der Waals surface area (Å²) in [5.74, 6) is 0. The molecule has 0 aliphatic heterocycles. The van der Waals surface area contributed by atoms with Crippen LogP contribution < -0.4 is 19.1 Å². The predicted molar refractivity (Wildman–Crippen MR) is 97.3 cm³/mol. The van der Waals surface area contributed by atoms with Crippen molar-refractivity contribution in [2.45, 2.75) is 13.1 Å². The second-order valence-corrected chi connectivity index (χ2v) is 6.23. The highest BCUT2D eigenvalue weighted by Crippen LogP contribution is 2.16. The Morgan fingerprint density at radius 2 is 0.769 bits per heavy atom. The Balaban J connectivity index is 1.40. The summed E-state index contributed by atoms with van der Waals surface area (Å²) >= 11 is 0. The van der Waals surface area contributed by atoms with Gasteiger partial charge in [-0.15, -0.1) is 0 Å². The van der Waals surface area contributed by atoms with E-state index in [4.69, 9.17) is 0 Å². The predicted octanol–water partition coefficient (Wildman–Crippen LogP) is 1.92. The molecule has 0 unspecified atom stereocenters. The Hall–Kier alpha value is -3.40. The van der Waals surface area contributed by atoms with Gasteiger partial charge in [0, 0.05) is 48.5 Å². The second kappa shape index (κ2) is 7.66. The fourth-order valence-corrected chi connectivity index (χ4v) is 2.99. The van der Waals surface area contributed by atoms with E-state index in [0.717, 1.165) is 13.1 Å². The van der Waals surface area contributed by atoms with Gasteiger partial charge in [0.25, 0.3) is 0 Å². The highest BCUT2D eigenvalue weighted by atomic mass is 15.0. The van der Waals surface area contributed by atoms with Crippen LogP contribution >= 0.6 is 0 Å². The van der Waals surface area contributed by atoms with Gasteiger partial charge in [0.05, 0.1) is 0 Å². The van der Waals surface area contributed by atoms with Crippen LogP contribution in [-0.2, 0) is 13.1 Å². The molecule has 0 aliphatic rings. The van der Waals surface area contributed by atoms with Gasteiger partial charge in [0.1, 0.15) is 0 Å². The molecule has 4 rings (SSSR count). The van der Waals surface area contributed by atoms with Gasteiger partial charge in [0.2, 0.25) is 13.1 Å². The zero-order valence-electron chi connectivity index (χ0n) is 14.5. The molecule has 0 fully saturated rings. The largest absolute Gasteiger partial charge is 0.218 e. The van der Waals surface area contributed by atoms with Crippen molar-refractivity contribution in [2.75, 3.05) is 0 Å². The first-order chi connectivity index (χ1) is 12.9. The van der Waals surface area contributed by atoms with Crippen LogP contribution in [0.3, 0.4) is 0 Å². The maximum Gasteiger partial charge on any atom is 0.206 e. The summed E-state index contributed by atoms with van der Waals surface area (Å²) in [6.45, 7) is 1.88. The SMILES string of the molecule is c1cc(-c2cc[n+](CC[n+]3ccc(-c4cc[nH+]cc4)cc3)cc2)cc[nH+]1. The standard InChI is InChI=1S/C22H20N4/c1-9-23-10-2-19(1)21-5-13-25(14-6-21)17-18-26-15-7-22(8-16-26)20-3-11-24-12-4-20/h1-16H,17-18H2/q+2/p+2. The Labute approximate surface area is 153 Å². The molecule has 0 radical (unpaired) electrons. The number of nitrogens with zero attached hydrogens (tertiary/aromatic N) is 2. The molecule has 4 aromatic rings. The summed E-state index contributed by atoms with van der Waals surface area (Å²) in [4.78, 5) is 6.11. The van der Waals surface area contributed by atoms with Gasteiger partial charge in [-0.2, -0.15) is 9.13 Å². The topological polar surface area (TPSA) is 36.0 Å². The first-order valence-electron chi connectivity index (χ1n) is 8.80. The molecule has 0 spiro atoms. The van der Waals surface area contributed by atoms with Crippen LogP contribution in [-0.4, -0.2) is 0 Å². The minimum Gasteiger partial charge on any atom is -0.218 e. The highest BCUT2D eigenvalue weighted by Gasteiger charge is 2.08. The number of aromatic amines is 2. The molecule has 0 bridgehead atoms. The van der Waals surface area contributed by atoms with E-state index in [9.17, 15) is 0 Å². The lowest BCUT2D eigenvalue weighted by molar-refractivity contribution is -0.778. The minimum atomic E-state index is 0.938. The van der Waals surface area contributed by atoms with Crippen molar-refractivity contribution < 1.29 is 19.1 Å². The van der Waals surface area contributed by atoms with Gasteiger partial charge >= 0.3 is 0 Å². The summed E-state index contributed by atoms with van der Waals surface area (Å²) in [5.41, 5.74) is 4.90. The van der Waals surface area contributed by atoms with E-state index >= 15 is 0 Å². The molecule has 0 amide bonds. The second-order valence-electron chi connectivity index (χ2n) is 6.23. The van der Waals surface area contributed by atoms with Gasteiger partial charge in [0.15, 0.2) is 49.6 Å². The van der Waals surface area contributed by atoms with E-state index in [1.165, 1.54) is 22.3 Å². The maximum absolute atomic E-state index is 3.06. The summed E-state index contributed by atoms with van der Waals surface area (Å²) in [7, 11) is 0. The van der Waals surface area contributed by atoms with E-state index < -0.39 is 0 Å². The molecule has 4 heteroatoms. The van der Waals surface area contributed by atoms with Crippen LogP contribution in [0, 0.1) is 0 Å². The molecule has 0 atom stereocenters. The maximum atomic E-state index is 3.06. The van der Waals surface area contributed by atoms with Crippen LogP contribution in [0.5, 0.6) is 0 Å². The zero-order chi connectivity index (χ0) is 17.6. The highest BCUT2D eigenvalue weighted by molar-refractivity contribution is 5.61. The lowest BCUT2D eigenvalue weighted by Gasteiger charge is -2.00. The van der Waals surface area contributed by atoms with Crippen molar-refractivity contribution in [1.29, 1.82) is 0 Å². The number of hydrogen-bond acceptors (Lipinski definition) is 0. The van der Waals surface area contributed by atoms with Crippen molar-refractivity contribution in [3.05, 3.63) is 98.1 Å². The van der Waals surface area contributed by atoms with E-state index in [0.29, 0.717) is 0 Å². The summed E-state index contributed by atoms with van der Waals surface area (Å²) in [5, 5.41) is 0. The minimum absolute atomic E-state index is 0.938. The molecule has 0 aliphatic carbocycles. The van der Waals surface area contributed by atoms with Gasteiger partial charge in [-0.1, -0.05) is 0 Å². The van der Waals surface area contributed by atoms with Crippen molar-refractivity contribution in [3.8, 4) is 22.3 Å². The summed E-state index contributed by atoms with van der Waals surface area (Å²) in [6, 6.07) is 17.0. The molecule has 4 nitrogen and oxygen atoms in total. The zero-order valence-corrected chi connectivity index (χ0v) is 14.5. The number of nitrogens with one attached hydrogen (secondary N) is 2. The summed E-state index contributed by atoms with van der Waals surface area (Å²) < 4.78 is 4.43. The average molecular weight is 342 g/mol. The number of aromatic nitrogens is 4. The number of aryl methyl sites for hydroxylation is 2. The Kier molecular flexibility index (Phi) is 4.74. The average Bonchev–Trinajstić information content (AvgIpc) is 2.74. The van der Waals surface area contributed by atoms with Crippen molar-refractivity contribution >= 4 is 0 Å². The first-order valence-corrected chi connectivity index (χ1v) is 8.80. The molecule has 0 saturated carbocycles. The third-order valence-corrected chi connectivity index (χ3v) is 4.50. The van der Waals surface area contributed by atoms with Gasteiger partial charge in [-0.05, 0) is 22.3 Å². The third kappa shape index (κ3) is 3.81. The van der Waals surface area contributed by atoms with Crippen molar-refractivity contribution in [1.82, 2.24) is 0 Å². The third-order valence-electron chi connectivity index (χ3n) is 4.50. The van der Waals surface area contributed by atoms with Crippen LogP contribution in [0.2, 0.25) is 0 Å². The van der Waals surface area contributed by atoms with Gasteiger partial charge < -0.3 is 0 Å². The number of H-pyrrole nitrogens is 2. The van der Waals surface area contributed by atoms with E-state index in [1.807, 2.05) is 24.8 Å². The number of rotatable bonds is 5. The molecular weight excluding hydrogens is 320 g/mol. The molecule has 4 heterocycles. The molecule has 0 aromatic carbocycles. The molecular formula is C22H22N4+4. The Morgan fingerprint density at radius 3 is 1.12 bits per heavy atom.